The molecule has 2 aliphatic rings. The van der Waals surface area contributed by atoms with E-state index in [9.17, 15) is 4.79 Å². The van der Waals surface area contributed by atoms with Crippen LogP contribution in [-0.2, 0) is 4.79 Å². The van der Waals surface area contributed by atoms with Gasteiger partial charge in [-0.25, -0.2) is 0 Å². The van der Waals surface area contributed by atoms with Gasteiger partial charge in [0.15, 0.2) is 0 Å². The second-order valence-corrected chi connectivity index (χ2v) is 8.17. The molecule has 0 aromatic heterocycles. The maximum Gasteiger partial charge on any atom is 0.222 e. The van der Waals surface area contributed by atoms with Crippen molar-refractivity contribution in [2.45, 2.75) is 71.8 Å². The largest absolute Gasteiger partial charge is 0.343 e. The Morgan fingerprint density at radius 3 is 2.27 bits per heavy atom. The van der Waals surface area contributed by atoms with E-state index in [0.717, 1.165) is 25.4 Å². The second kappa shape index (κ2) is 8.54. The van der Waals surface area contributed by atoms with Crippen molar-refractivity contribution in [2.24, 2.45) is 17.3 Å². The van der Waals surface area contributed by atoms with Crippen molar-refractivity contribution in [1.82, 2.24) is 10.2 Å². The molecule has 1 aliphatic carbocycles. The summed E-state index contributed by atoms with van der Waals surface area (Å²) in [6.07, 6.45) is 8.05. The first kappa shape index (κ1) is 19.8. The van der Waals surface area contributed by atoms with E-state index in [-0.39, 0.29) is 12.4 Å². The van der Waals surface area contributed by atoms with Gasteiger partial charge in [-0.2, -0.15) is 0 Å². The number of hydrogen-bond acceptors (Lipinski definition) is 2. The van der Waals surface area contributed by atoms with Crippen LogP contribution in [0.25, 0.3) is 0 Å². The van der Waals surface area contributed by atoms with Gasteiger partial charge in [0.25, 0.3) is 0 Å². The maximum absolute atomic E-state index is 12.6. The van der Waals surface area contributed by atoms with Crippen LogP contribution in [0.5, 0.6) is 0 Å². The van der Waals surface area contributed by atoms with Crippen LogP contribution in [0.4, 0.5) is 0 Å². The van der Waals surface area contributed by atoms with Crippen molar-refractivity contribution in [3.8, 4) is 0 Å². The van der Waals surface area contributed by atoms with E-state index in [4.69, 9.17) is 0 Å². The minimum Gasteiger partial charge on any atom is -0.343 e. The summed E-state index contributed by atoms with van der Waals surface area (Å²) >= 11 is 0. The van der Waals surface area contributed by atoms with Crippen molar-refractivity contribution in [3.05, 3.63) is 0 Å². The van der Waals surface area contributed by atoms with Gasteiger partial charge in [-0.15, -0.1) is 12.4 Å². The summed E-state index contributed by atoms with van der Waals surface area (Å²) < 4.78 is 0. The van der Waals surface area contributed by atoms with E-state index in [1.165, 1.54) is 38.5 Å². The Morgan fingerprint density at radius 1 is 1.18 bits per heavy atom. The average Bonchev–Trinajstić information content (AvgIpc) is 2.47. The highest BCUT2D eigenvalue weighted by Gasteiger charge is 2.31. The summed E-state index contributed by atoms with van der Waals surface area (Å²) in [6, 6.07) is 0.478. The Hall–Kier alpha value is -0.280. The van der Waals surface area contributed by atoms with Gasteiger partial charge in [-0.3, -0.25) is 4.79 Å². The third kappa shape index (κ3) is 5.42. The number of halogens is 1. The van der Waals surface area contributed by atoms with Gasteiger partial charge >= 0.3 is 0 Å². The normalized spacial score (nSPS) is 24.4. The number of nitrogens with zero attached hydrogens (tertiary/aromatic N) is 1. The Morgan fingerprint density at radius 2 is 1.73 bits per heavy atom. The highest BCUT2D eigenvalue weighted by Crippen LogP contribution is 2.37. The van der Waals surface area contributed by atoms with Crippen molar-refractivity contribution >= 4 is 18.3 Å². The number of hydrogen-bond donors (Lipinski definition) is 1. The molecule has 1 aliphatic heterocycles. The molecule has 0 aromatic rings. The van der Waals surface area contributed by atoms with Crippen molar-refractivity contribution in [2.75, 3.05) is 20.1 Å². The second-order valence-electron chi connectivity index (χ2n) is 8.17. The lowest BCUT2D eigenvalue weighted by Gasteiger charge is -2.39. The molecule has 0 bridgehead atoms. The lowest BCUT2D eigenvalue weighted by molar-refractivity contribution is -0.134. The standard InChI is InChI=1S/C18H34N2O.ClH/c1-14(15-7-11-19-12-8-15)13-17(21)20(4)16-5-9-18(2,3)10-6-16;/h14-16,19H,5-13H2,1-4H3;1H. The predicted molar refractivity (Wildman–Crippen MR) is 95.4 cm³/mol. The summed E-state index contributed by atoms with van der Waals surface area (Å²) in [6.45, 7) is 9.22. The molecule has 1 saturated heterocycles. The van der Waals surface area contributed by atoms with E-state index in [0.29, 0.717) is 23.3 Å². The smallest absolute Gasteiger partial charge is 0.222 e. The SMILES string of the molecule is CC(CC(=O)N(C)C1CCC(C)(C)CC1)C1CCNCC1.Cl. The molecular weight excluding hydrogens is 296 g/mol. The molecule has 1 heterocycles. The first-order valence-electron chi connectivity index (χ1n) is 8.85. The Bertz CT molecular complexity index is 343. The summed E-state index contributed by atoms with van der Waals surface area (Å²) in [4.78, 5) is 14.6. The molecule has 0 aromatic carbocycles. The van der Waals surface area contributed by atoms with Crippen LogP contribution in [0.15, 0.2) is 0 Å². The first-order valence-corrected chi connectivity index (χ1v) is 8.85. The molecule has 1 unspecified atom stereocenters. The topological polar surface area (TPSA) is 32.3 Å². The molecule has 2 rings (SSSR count). The van der Waals surface area contributed by atoms with Crippen LogP contribution in [0.1, 0.15) is 65.7 Å². The fourth-order valence-electron chi connectivity index (χ4n) is 3.97. The first-order chi connectivity index (χ1) is 9.89. The van der Waals surface area contributed by atoms with Crippen molar-refractivity contribution < 1.29 is 4.79 Å². The molecule has 1 amide bonds. The number of amides is 1. The number of piperidine rings is 1. The maximum atomic E-state index is 12.6. The lowest BCUT2D eigenvalue weighted by Crippen LogP contribution is -2.42. The molecule has 1 N–H and O–H groups in total. The van der Waals surface area contributed by atoms with Crippen LogP contribution in [-0.4, -0.2) is 37.0 Å². The Labute approximate surface area is 143 Å². The number of rotatable bonds is 4. The number of carbonyl (C=O) groups is 1. The molecule has 0 spiro atoms. The molecule has 4 heteroatoms. The van der Waals surface area contributed by atoms with E-state index in [2.05, 4.69) is 31.0 Å². The van der Waals surface area contributed by atoms with Gasteiger partial charge in [0.1, 0.15) is 0 Å². The van der Waals surface area contributed by atoms with E-state index in [1.807, 2.05) is 7.05 Å². The van der Waals surface area contributed by atoms with Crippen LogP contribution in [0, 0.1) is 17.3 Å². The molecular formula is C18H35ClN2O. The lowest BCUT2D eigenvalue weighted by atomic mass is 9.75. The fraction of sp³-hybridized carbons (Fsp3) is 0.944. The third-order valence-corrected chi connectivity index (χ3v) is 5.93. The highest BCUT2D eigenvalue weighted by atomic mass is 35.5. The Kier molecular flexibility index (Phi) is 7.67. The predicted octanol–water partition coefficient (Wildman–Crippen LogP) is 3.86. The zero-order valence-corrected chi connectivity index (χ0v) is 15.7. The van der Waals surface area contributed by atoms with Gasteiger partial charge in [-0.05, 0) is 68.9 Å². The number of carbonyl (C=O) groups excluding carboxylic acids is 1. The molecule has 2 fully saturated rings. The van der Waals surface area contributed by atoms with Crippen molar-refractivity contribution in [3.63, 3.8) is 0 Å². The quantitative estimate of drug-likeness (QED) is 0.848. The van der Waals surface area contributed by atoms with E-state index >= 15 is 0 Å². The minimum atomic E-state index is 0. The zero-order chi connectivity index (χ0) is 15.5. The molecule has 1 saturated carbocycles. The highest BCUT2D eigenvalue weighted by molar-refractivity contribution is 5.85. The van der Waals surface area contributed by atoms with Crippen LogP contribution >= 0.6 is 12.4 Å². The van der Waals surface area contributed by atoms with E-state index < -0.39 is 0 Å². The van der Waals surface area contributed by atoms with Crippen LogP contribution < -0.4 is 5.32 Å². The summed E-state index contributed by atoms with van der Waals surface area (Å²) in [5.41, 5.74) is 0.475. The van der Waals surface area contributed by atoms with E-state index in [1.54, 1.807) is 0 Å². The van der Waals surface area contributed by atoms with Gasteiger partial charge in [-0.1, -0.05) is 20.8 Å². The molecule has 3 nitrogen and oxygen atoms in total. The monoisotopic (exact) mass is 330 g/mol. The summed E-state index contributed by atoms with van der Waals surface area (Å²) in [5, 5.41) is 3.41. The summed E-state index contributed by atoms with van der Waals surface area (Å²) in [7, 11) is 2.03. The fourth-order valence-corrected chi connectivity index (χ4v) is 3.97. The molecule has 22 heavy (non-hydrogen) atoms. The molecule has 130 valence electrons. The summed E-state index contributed by atoms with van der Waals surface area (Å²) in [5.74, 6) is 1.63. The Balaban J connectivity index is 0.00000242. The number of nitrogens with one attached hydrogen (secondary N) is 1. The molecule has 1 atom stereocenters. The van der Waals surface area contributed by atoms with Crippen LogP contribution in [0.2, 0.25) is 0 Å². The molecule has 0 radical (unpaired) electrons. The third-order valence-electron chi connectivity index (χ3n) is 5.93. The zero-order valence-electron chi connectivity index (χ0n) is 14.9. The van der Waals surface area contributed by atoms with Crippen molar-refractivity contribution in [1.29, 1.82) is 0 Å². The van der Waals surface area contributed by atoms with Crippen LogP contribution in [0.3, 0.4) is 0 Å². The van der Waals surface area contributed by atoms with Gasteiger partial charge in [0.05, 0.1) is 0 Å². The minimum absolute atomic E-state index is 0. The van der Waals surface area contributed by atoms with Gasteiger partial charge < -0.3 is 10.2 Å². The van der Waals surface area contributed by atoms with Gasteiger partial charge in [0.2, 0.25) is 5.91 Å². The van der Waals surface area contributed by atoms with Gasteiger partial charge in [0, 0.05) is 19.5 Å². The average molecular weight is 331 g/mol.